The van der Waals surface area contributed by atoms with Gasteiger partial charge in [-0.25, -0.2) is 17.5 Å². The number of methoxy groups -OCH3 is 1. The van der Waals surface area contributed by atoms with E-state index in [-0.39, 0.29) is 17.2 Å². The van der Waals surface area contributed by atoms with Crippen molar-refractivity contribution in [3.8, 4) is 11.5 Å². The minimum atomic E-state index is -3.76. The molecular formula is C17H20FNO4S. The van der Waals surface area contributed by atoms with Crippen LogP contribution < -0.4 is 14.2 Å². The maximum Gasteiger partial charge on any atom is 0.240 e. The summed E-state index contributed by atoms with van der Waals surface area (Å²) in [4.78, 5) is -0.139. The second-order valence-corrected chi connectivity index (χ2v) is 6.98. The molecule has 0 aliphatic heterocycles. The Hall–Kier alpha value is -2.12. The molecule has 0 atom stereocenters. The lowest BCUT2D eigenvalue weighted by atomic mass is 10.2. The molecule has 130 valence electrons. The van der Waals surface area contributed by atoms with Gasteiger partial charge in [0.15, 0.2) is 11.6 Å². The smallest absolute Gasteiger partial charge is 0.240 e. The van der Waals surface area contributed by atoms with Crippen LogP contribution >= 0.6 is 0 Å². The Bertz CT molecular complexity index is 793. The van der Waals surface area contributed by atoms with Gasteiger partial charge in [0.05, 0.1) is 18.6 Å². The third kappa shape index (κ3) is 4.94. The van der Waals surface area contributed by atoms with Crippen LogP contribution in [0.4, 0.5) is 4.39 Å². The third-order valence-electron chi connectivity index (χ3n) is 3.31. The molecule has 0 unspecified atom stereocenters. The summed E-state index contributed by atoms with van der Waals surface area (Å²) in [7, 11) is -2.44. The Labute approximate surface area is 141 Å². The molecule has 0 aromatic heterocycles. The molecule has 0 fully saturated rings. The van der Waals surface area contributed by atoms with Crippen molar-refractivity contribution in [2.75, 3.05) is 20.3 Å². The first-order valence-electron chi connectivity index (χ1n) is 7.45. The Morgan fingerprint density at radius 1 is 1.17 bits per heavy atom. The minimum Gasteiger partial charge on any atom is -0.494 e. The molecule has 0 radical (unpaired) electrons. The molecule has 0 spiro atoms. The number of aryl methyl sites for hydroxylation is 1. The van der Waals surface area contributed by atoms with E-state index in [0.29, 0.717) is 13.0 Å². The highest BCUT2D eigenvalue weighted by atomic mass is 32.2. The van der Waals surface area contributed by atoms with Crippen molar-refractivity contribution in [3.05, 3.63) is 53.8 Å². The molecule has 0 saturated heterocycles. The lowest BCUT2D eigenvalue weighted by Crippen LogP contribution is -2.26. The molecule has 0 aliphatic carbocycles. The second-order valence-electron chi connectivity index (χ2n) is 5.21. The van der Waals surface area contributed by atoms with E-state index >= 15 is 0 Å². The van der Waals surface area contributed by atoms with Gasteiger partial charge in [-0.2, -0.15) is 0 Å². The van der Waals surface area contributed by atoms with E-state index in [1.807, 2.05) is 31.2 Å². The van der Waals surface area contributed by atoms with Crippen molar-refractivity contribution < 1.29 is 22.3 Å². The highest BCUT2D eigenvalue weighted by molar-refractivity contribution is 7.89. The zero-order valence-corrected chi connectivity index (χ0v) is 14.4. The average Bonchev–Trinajstić information content (AvgIpc) is 2.54. The number of rotatable bonds is 8. The van der Waals surface area contributed by atoms with E-state index < -0.39 is 15.8 Å². The number of nitrogens with one attached hydrogen (secondary N) is 1. The summed E-state index contributed by atoms with van der Waals surface area (Å²) in [5.41, 5.74) is 1.09. The van der Waals surface area contributed by atoms with Crippen LogP contribution in [0, 0.1) is 12.7 Å². The fourth-order valence-electron chi connectivity index (χ4n) is 2.07. The van der Waals surface area contributed by atoms with Crippen molar-refractivity contribution in [3.63, 3.8) is 0 Å². The zero-order valence-electron chi connectivity index (χ0n) is 13.6. The molecule has 24 heavy (non-hydrogen) atoms. The fourth-order valence-corrected chi connectivity index (χ4v) is 3.16. The van der Waals surface area contributed by atoms with Gasteiger partial charge in [-0.1, -0.05) is 12.1 Å². The predicted octanol–water partition coefficient (Wildman–Crippen LogP) is 2.89. The van der Waals surface area contributed by atoms with Crippen LogP contribution in [0.2, 0.25) is 0 Å². The van der Waals surface area contributed by atoms with Gasteiger partial charge in [0.1, 0.15) is 5.75 Å². The van der Waals surface area contributed by atoms with Crippen LogP contribution in [0.5, 0.6) is 11.5 Å². The number of ether oxygens (including phenoxy) is 2. The Balaban J connectivity index is 1.83. The Morgan fingerprint density at radius 2 is 1.96 bits per heavy atom. The van der Waals surface area contributed by atoms with Crippen molar-refractivity contribution in [2.45, 2.75) is 18.2 Å². The second kappa shape index (κ2) is 8.12. The lowest BCUT2D eigenvalue weighted by molar-refractivity contribution is 0.311. The summed E-state index contributed by atoms with van der Waals surface area (Å²) in [6.45, 7) is 2.54. The highest BCUT2D eigenvalue weighted by Crippen LogP contribution is 2.20. The first kappa shape index (κ1) is 18.2. The van der Waals surface area contributed by atoms with Crippen molar-refractivity contribution in [1.29, 1.82) is 0 Å². The van der Waals surface area contributed by atoms with E-state index in [1.54, 1.807) is 0 Å². The van der Waals surface area contributed by atoms with Gasteiger partial charge in [-0.05, 0) is 49.2 Å². The number of hydrogen-bond acceptors (Lipinski definition) is 4. The quantitative estimate of drug-likeness (QED) is 0.741. The van der Waals surface area contributed by atoms with Gasteiger partial charge in [-0.15, -0.1) is 0 Å². The molecule has 0 saturated carbocycles. The average molecular weight is 353 g/mol. The van der Waals surface area contributed by atoms with Gasteiger partial charge >= 0.3 is 0 Å². The summed E-state index contributed by atoms with van der Waals surface area (Å²) >= 11 is 0. The van der Waals surface area contributed by atoms with Crippen LogP contribution in [0.25, 0.3) is 0 Å². The van der Waals surface area contributed by atoms with Crippen molar-refractivity contribution in [1.82, 2.24) is 4.72 Å². The van der Waals surface area contributed by atoms with Crippen LogP contribution in [0.1, 0.15) is 12.0 Å². The Kier molecular flexibility index (Phi) is 6.16. The molecule has 0 aliphatic rings. The molecule has 7 heteroatoms. The van der Waals surface area contributed by atoms with Crippen LogP contribution in [-0.4, -0.2) is 28.7 Å². The zero-order chi connectivity index (χ0) is 17.6. The van der Waals surface area contributed by atoms with Gasteiger partial charge < -0.3 is 9.47 Å². The molecule has 0 heterocycles. The normalized spacial score (nSPS) is 11.3. The third-order valence-corrected chi connectivity index (χ3v) is 4.76. The largest absolute Gasteiger partial charge is 0.494 e. The van der Waals surface area contributed by atoms with Crippen LogP contribution in [0.3, 0.4) is 0 Å². The summed E-state index contributed by atoms with van der Waals surface area (Å²) in [6, 6.07) is 11.1. The van der Waals surface area contributed by atoms with Crippen LogP contribution in [-0.2, 0) is 10.0 Å². The van der Waals surface area contributed by atoms with Gasteiger partial charge in [0.2, 0.25) is 10.0 Å². The van der Waals surface area contributed by atoms with E-state index in [4.69, 9.17) is 9.47 Å². The molecule has 1 N–H and O–H groups in total. The van der Waals surface area contributed by atoms with Crippen molar-refractivity contribution >= 4 is 10.0 Å². The summed E-state index contributed by atoms with van der Waals surface area (Å²) in [5, 5.41) is 0. The summed E-state index contributed by atoms with van der Waals surface area (Å²) in [6.07, 6.45) is 0.492. The van der Waals surface area contributed by atoms with E-state index in [1.165, 1.54) is 19.2 Å². The first-order valence-corrected chi connectivity index (χ1v) is 8.93. The molecule has 0 bridgehead atoms. The molecule has 0 amide bonds. The van der Waals surface area contributed by atoms with E-state index in [9.17, 15) is 12.8 Å². The van der Waals surface area contributed by atoms with E-state index in [2.05, 4.69) is 4.72 Å². The summed E-state index contributed by atoms with van der Waals surface area (Å²) < 4.78 is 50.5. The Morgan fingerprint density at radius 3 is 2.62 bits per heavy atom. The molecule has 2 rings (SSSR count). The number of halogens is 1. The SMILES string of the molecule is COc1ccc(S(=O)(=O)NCCCOc2cccc(C)c2)cc1F. The number of sulfonamides is 1. The fraction of sp³-hybridized carbons (Fsp3) is 0.294. The van der Waals surface area contributed by atoms with Gasteiger partial charge in [0, 0.05) is 6.54 Å². The highest BCUT2D eigenvalue weighted by Gasteiger charge is 2.16. The van der Waals surface area contributed by atoms with Gasteiger partial charge in [0.25, 0.3) is 0 Å². The lowest BCUT2D eigenvalue weighted by Gasteiger charge is -2.09. The van der Waals surface area contributed by atoms with Crippen LogP contribution in [0.15, 0.2) is 47.4 Å². The predicted molar refractivity (Wildman–Crippen MR) is 89.4 cm³/mol. The molecule has 2 aromatic rings. The number of benzene rings is 2. The summed E-state index contributed by atoms with van der Waals surface area (Å²) in [5.74, 6) is 0.0266. The maximum absolute atomic E-state index is 13.6. The topological polar surface area (TPSA) is 64.6 Å². The number of hydrogen-bond donors (Lipinski definition) is 1. The van der Waals surface area contributed by atoms with Gasteiger partial charge in [-0.3, -0.25) is 0 Å². The maximum atomic E-state index is 13.6. The van der Waals surface area contributed by atoms with E-state index in [0.717, 1.165) is 17.4 Å². The minimum absolute atomic E-state index is 0.000467. The first-order chi connectivity index (χ1) is 11.4. The molecule has 5 nitrogen and oxygen atoms in total. The molecule has 2 aromatic carbocycles. The molecular weight excluding hydrogens is 333 g/mol. The standard InChI is InChI=1S/C17H20FNO4S/c1-13-5-3-6-14(11-13)23-10-4-9-19-24(20,21)15-7-8-17(22-2)16(18)12-15/h3,5-8,11-12,19H,4,9-10H2,1-2H3. The monoisotopic (exact) mass is 353 g/mol. The van der Waals surface area contributed by atoms with Crippen molar-refractivity contribution in [2.24, 2.45) is 0 Å².